The van der Waals surface area contributed by atoms with E-state index in [9.17, 15) is 0 Å². The van der Waals surface area contributed by atoms with E-state index in [2.05, 4.69) is 10.3 Å². The number of aromatic nitrogens is 1. The summed E-state index contributed by atoms with van der Waals surface area (Å²) in [7, 11) is 0. The van der Waals surface area contributed by atoms with E-state index in [0.29, 0.717) is 43.7 Å². The fourth-order valence-corrected chi connectivity index (χ4v) is 2.53. The largest absolute Gasteiger partial charge is 0.369 e. The predicted molar refractivity (Wildman–Crippen MR) is 83.9 cm³/mol. The summed E-state index contributed by atoms with van der Waals surface area (Å²) in [5, 5.41) is 5.06. The van der Waals surface area contributed by atoms with E-state index < -0.39 is 0 Å². The molecule has 0 aliphatic rings. The first-order valence-electron chi connectivity index (χ1n) is 5.58. The molecule has 6 heteroatoms. The van der Waals surface area contributed by atoms with Crippen LogP contribution in [-0.2, 0) is 0 Å². The maximum absolute atomic E-state index is 6.18. The molecule has 0 radical (unpaired) electrons. The third-order valence-electron chi connectivity index (χ3n) is 2.46. The third-order valence-corrected chi connectivity index (χ3v) is 3.60. The van der Waals surface area contributed by atoms with Crippen molar-refractivity contribution >= 4 is 52.2 Å². The molecular weight excluding hydrogens is 326 g/mol. The van der Waals surface area contributed by atoms with E-state index in [-0.39, 0.29) is 0 Å². The topological polar surface area (TPSA) is 24.9 Å². The lowest BCUT2D eigenvalue weighted by Crippen LogP contribution is -2.01. The summed E-state index contributed by atoms with van der Waals surface area (Å²) in [5.41, 5.74) is 1.23. The van der Waals surface area contributed by atoms with Crippen LogP contribution < -0.4 is 5.32 Å². The first-order chi connectivity index (χ1) is 9.02. The molecule has 0 saturated heterocycles. The highest BCUT2D eigenvalue weighted by Gasteiger charge is 2.14. The molecule has 0 spiro atoms. The molecule has 1 aromatic heterocycles. The Bertz CT molecular complexity index is 614. The van der Waals surface area contributed by atoms with Crippen molar-refractivity contribution in [2.75, 3.05) is 11.9 Å². The zero-order valence-corrected chi connectivity index (χ0v) is 13.0. The Morgan fingerprint density at radius 1 is 1.00 bits per heavy atom. The van der Waals surface area contributed by atoms with Gasteiger partial charge >= 0.3 is 0 Å². The quantitative estimate of drug-likeness (QED) is 0.767. The molecule has 0 saturated carbocycles. The number of benzene rings is 1. The Balaban J connectivity index is 2.61. The minimum atomic E-state index is 0.427. The molecule has 19 heavy (non-hydrogen) atoms. The number of anilines is 1. The SMILES string of the molecule is CCNc1nc(-c2cc(Cl)ccc2Cl)c(Cl)cc1Cl. The van der Waals surface area contributed by atoms with Gasteiger partial charge in [-0.2, -0.15) is 0 Å². The van der Waals surface area contributed by atoms with Gasteiger partial charge in [0.05, 0.1) is 20.8 Å². The van der Waals surface area contributed by atoms with Crippen LogP contribution in [-0.4, -0.2) is 11.5 Å². The maximum atomic E-state index is 6.18. The summed E-state index contributed by atoms with van der Waals surface area (Å²) in [4.78, 5) is 4.42. The summed E-state index contributed by atoms with van der Waals surface area (Å²) in [5.74, 6) is 0.569. The van der Waals surface area contributed by atoms with Crippen molar-refractivity contribution < 1.29 is 0 Å². The number of nitrogens with zero attached hydrogens (tertiary/aromatic N) is 1. The van der Waals surface area contributed by atoms with Gasteiger partial charge in [0, 0.05) is 17.1 Å². The molecule has 2 nitrogen and oxygen atoms in total. The Morgan fingerprint density at radius 3 is 2.42 bits per heavy atom. The summed E-state index contributed by atoms with van der Waals surface area (Å²) >= 11 is 24.4. The molecule has 2 rings (SSSR count). The highest BCUT2D eigenvalue weighted by atomic mass is 35.5. The second-order valence-electron chi connectivity index (χ2n) is 3.80. The third kappa shape index (κ3) is 3.26. The highest BCUT2D eigenvalue weighted by Crippen LogP contribution is 2.36. The lowest BCUT2D eigenvalue weighted by molar-refractivity contribution is 1.16. The standard InChI is InChI=1S/C13H10Cl4N2/c1-2-18-13-11(17)6-10(16)12(19-13)8-5-7(14)3-4-9(8)15/h3-6H,2H2,1H3,(H,18,19). The second kappa shape index (κ2) is 6.19. The van der Waals surface area contributed by atoms with Gasteiger partial charge in [0.1, 0.15) is 5.82 Å². The van der Waals surface area contributed by atoms with Crippen molar-refractivity contribution in [2.45, 2.75) is 6.92 Å². The molecule has 0 bridgehead atoms. The lowest BCUT2D eigenvalue weighted by atomic mass is 10.1. The average molecular weight is 336 g/mol. The van der Waals surface area contributed by atoms with Crippen molar-refractivity contribution in [3.63, 3.8) is 0 Å². The summed E-state index contributed by atoms with van der Waals surface area (Å²) in [6.07, 6.45) is 0. The summed E-state index contributed by atoms with van der Waals surface area (Å²) in [6.45, 7) is 2.66. The van der Waals surface area contributed by atoms with E-state index in [4.69, 9.17) is 46.4 Å². The Labute approximate surface area is 131 Å². The van der Waals surface area contributed by atoms with Gasteiger partial charge in [-0.25, -0.2) is 4.98 Å². The van der Waals surface area contributed by atoms with Gasteiger partial charge < -0.3 is 5.32 Å². The molecule has 0 aliphatic heterocycles. The molecule has 0 aliphatic carbocycles. The molecular formula is C13H10Cl4N2. The lowest BCUT2D eigenvalue weighted by Gasteiger charge is -2.11. The molecule has 0 atom stereocenters. The number of hydrogen-bond donors (Lipinski definition) is 1. The van der Waals surface area contributed by atoms with Crippen LogP contribution in [0.3, 0.4) is 0 Å². The summed E-state index contributed by atoms with van der Waals surface area (Å²) in [6, 6.07) is 6.78. The molecule has 0 fully saturated rings. The zero-order valence-electron chi connectivity index (χ0n) is 9.98. The fraction of sp³-hybridized carbons (Fsp3) is 0.154. The van der Waals surface area contributed by atoms with Crippen LogP contribution in [0.25, 0.3) is 11.3 Å². The number of hydrogen-bond acceptors (Lipinski definition) is 2. The smallest absolute Gasteiger partial charge is 0.145 e. The van der Waals surface area contributed by atoms with E-state index in [0.717, 1.165) is 0 Å². The van der Waals surface area contributed by atoms with Crippen LogP contribution in [0.2, 0.25) is 20.1 Å². The van der Waals surface area contributed by atoms with Crippen molar-refractivity contribution in [1.29, 1.82) is 0 Å². The monoisotopic (exact) mass is 334 g/mol. The van der Waals surface area contributed by atoms with Crippen LogP contribution in [0.1, 0.15) is 6.92 Å². The van der Waals surface area contributed by atoms with Crippen molar-refractivity contribution in [2.24, 2.45) is 0 Å². The van der Waals surface area contributed by atoms with Crippen molar-refractivity contribution in [1.82, 2.24) is 4.98 Å². The number of halogens is 4. The maximum Gasteiger partial charge on any atom is 0.145 e. The first kappa shape index (κ1) is 14.7. The molecule has 100 valence electrons. The van der Waals surface area contributed by atoms with Crippen LogP contribution in [0.5, 0.6) is 0 Å². The van der Waals surface area contributed by atoms with Gasteiger partial charge in [-0.15, -0.1) is 0 Å². The molecule has 1 aromatic carbocycles. The average Bonchev–Trinajstić information content (AvgIpc) is 2.36. The highest BCUT2D eigenvalue weighted by molar-refractivity contribution is 6.39. The first-order valence-corrected chi connectivity index (χ1v) is 7.09. The van der Waals surface area contributed by atoms with Gasteiger partial charge in [-0.3, -0.25) is 0 Å². The normalized spacial score (nSPS) is 10.6. The Hall–Kier alpha value is -0.670. The summed E-state index contributed by atoms with van der Waals surface area (Å²) < 4.78 is 0. The van der Waals surface area contributed by atoms with Gasteiger partial charge in [0.25, 0.3) is 0 Å². The second-order valence-corrected chi connectivity index (χ2v) is 5.46. The fourth-order valence-electron chi connectivity index (χ4n) is 1.63. The molecule has 1 heterocycles. The van der Waals surface area contributed by atoms with Crippen molar-refractivity contribution in [3.05, 3.63) is 44.4 Å². The van der Waals surface area contributed by atoms with E-state index in [1.54, 1.807) is 24.3 Å². The van der Waals surface area contributed by atoms with Gasteiger partial charge in [-0.05, 0) is 31.2 Å². The van der Waals surface area contributed by atoms with Gasteiger partial charge in [0.2, 0.25) is 0 Å². The van der Waals surface area contributed by atoms with E-state index >= 15 is 0 Å². The van der Waals surface area contributed by atoms with E-state index in [1.165, 1.54) is 0 Å². The van der Waals surface area contributed by atoms with Crippen molar-refractivity contribution in [3.8, 4) is 11.3 Å². The van der Waals surface area contributed by atoms with E-state index in [1.807, 2.05) is 6.92 Å². The minimum Gasteiger partial charge on any atom is -0.369 e. The minimum absolute atomic E-state index is 0.427. The Kier molecular flexibility index (Phi) is 4.80. The van der Waals surface area contributed by atoms with Crippen LogP contribution in [0, 0.1) is 0 Å². The molecule has 2 aromatic rings. The Morgan fingerprint density at radius 2 is 1.74 bits per heavy atom. The van der Waals surface area contributed by atoms with Gasteiger partial charge in [-0.1, -0.05) is 46.4 Å². The zero-order chi connectivity index (χ0) is 14.0. The number of nitrogens with one attached hydrogen (secondary N) is 1. The molecule has 0 unspecified atom stereocenters. The number of pyridine rings is 1. The van der Waals surface area contributed by atoms with Crippen LogP contribution in [0.15, 0.2) is 24.3 Å². The molecule has 1 N–H and O–H groups in total. The predicted octanol–water partition coefficient (Wildman–Crippen LogP) is 5.79. The van der Waals surface area contributed by atoms with Crippen LogP contribution in [0.4, 0.5) is 5.82 Å². The number of rotatable bonds is 3. The van der Waals surface area contributed by atoms with Crippen LogP contribution >= 0.6 is 46.4 Å². The van der Waals surface area contributed by atoms with Gasteiger partial charge in [0.15, 0.2) is 0 Å². The molecule has 0 amide bonds.